The molecule has 0 aliphatic carbocycles. The molecular weight excluding hydrogens is 286 g/mol. The van der Waals surface area contributed by atoms with Crippen LogP contribution < -0.4 is 16.0 Å². The van der Waals surface area contributed by atoms with Gasteiger partial charge in [-0.25, -0.2) is 0 Å². The van der Waals surface area contributed by atoms with Crippen molar-refractivity contribution in [3.63, 3.8) is 0 Å². The van der Waals surface area contributed by atoms with E-state index in [1.165, 1.54) is 19.3 Å². The number of nitrogens with two attached hydrogens (primary N) is 1. The third-order valence-electron chi connectivity index (χ3n) is 5.27. The van der Waals surface area contributed by atoms with Crippen molar-refractivity contribution in [2.45, 2.75) is 39.2 Å². The Hall–Kier alpha value is -1.26. The maximum atomic E-state index is 11.7. The summed E-state index contributed by atoms with van der Waals surface area (Å²) in [7, 11) is 0. The average Bonchev–Trinajstić information content (AvgIpc) is 3.03. The van der Waals surface area contributed by atoms with Crippen LogP contribution in [0, 0.1) is 5.41 Å². The highest BCUT2D eigenvalue weighted by atomic mass is 35.5. The van der Waals surface area contributed by atoms with Gasteiger partial charge in [0.15, 0.2) is 0 Å². The largest absolute Gasteiger partial charge is 0.370 e. The van der Waals surface area contributed by atoms with E-state index in [4.69, 9.17) is 17.3 Å². The van der Waals surface area contributed by atoms with Gasteiger partial charge in [0.05, 0.1) is 10.7 Å². The quantitative estimate of drug-likeness (QED) is 0.900. The predicted octanol–water partition coefficient (Wildman–Crippen LogP) is 3.31. The summed E-state index contributed by atoms with van der Waals surface area (Å²) in [6.07, 6.45) is 3.56. The van der Waals surface area contributed by atoms with Crippen LogP contribution in [-0.2, 0) is 4.79 Å². The molecule has 0 saturated carbocycles. The van der Waals surface area contributed by atoms with Gasteiger partial charge in [-0.05, 0) is 36.8 Å². The molecule has 0 aromatic heterocycles. The molecular formula is C16H22ClN3O. The molecule has 21 heavy (non-hydrogen) atoms. The van der Waals surface area contributed by atoms with Gasteiger partial charge >= 0.3 is 0 Å². The lowest BCUT2D eigenvalue weighted by molar-refractivity contribution is -0.116. The van der Waals surface area contributed by atoms with Gasteiger partial charge in [-0.15, -0.1) is 0 Å². The van der Waals surface area contributed by atoms with Gasteiger partial charge in [0.25, 0.3) is 0 Å². The number of amides is 1. The molecule has 0 bridgehead atoms. The van der Waals surface area contributed by atoms with Gasteiger partial charge < -0.3 is 16.0 Å². The summed E-state index contributed by atoms with van der Waals surface area (Å²) in [5, 5.41) is 3.52. The highest BCUT2D eigenvalue weighted by Gasteiger charge is 2.36. The zero-order valence-corrected chi connectivity index (χ0v) is 13.3. The molecule has 1 fully saturated rings. The number of nitrogens with zero attached hydrogens (tertiary/aromatic N) is 1. The summed E-state index contributed by atoms with van der Waals surface area (Å²) >= 11 is 6.44. The van der Waals surface area contributed by atoms with Crippen LogP contribution in [0.25, 0.3) is 0 Å². The molecule has 1 amide bonds. The third kappa shape index (κ3) is 2.30. The second kappa shape index (κ2) is 5.18. The number of nitrogens with one attached hydrogen (secondary N) is 1. The number of anilines is 2. The van der Waals surface area contributed by atoms with Gasteiger partial charge in [0.1, 0.15) is 6.04 Å². The van der Waals surface area contributed by atoms with Crippen LogP contribution in [0.3, 0.4) is 0 Å². The van der Waals surface area contributed by atoms with E-state index in [-0.39, 0.29) is 5.91 Å². The van der Waals surface area contributed by atoms with Crippen LogP contribution in [0.4, 0.5) is 11.4 Å². The Morgan fingerprint density at radius 3 is 2.76 bits per heavy atom. The van der Waals surface area contributed by atoms with E-state index in [9.17, 15) is 4.79 Å². The van der Waals surface area contributed by atoms with Gasteiger partial charge in [-0.3, -0.25) is 4.79 Å². The van der Waals surface area contributed by atoms with Crippen LogP contribution in [0.2, 0.25) is 5.02 Å². The number of rotatable bonds is 3. The highest BCUT2D eigenvalue weighted by Crippen LogP contribution is 2.43. The van der Waals surface area contributed by atoms with E-state index in [1.807, 2.05) is 12.1 Å². The number of hydrogen-bond donors (Lipinski definition) is 2. The molecule has 3 rings (SSSR count). The van der Waals surface area contributed by atoms with Gasteiger partial charge in [0, 0.05) is 24.3 Å². The molecule has 1 aromatic carbocycles. The molecule has 3 N–H and O–H groups in total. The van der Waals surface area contributed by atoms with Gasteiger partial charge in [-0.2, -0.15) is 0 Å². The van der Waals surface area contributed by atoms with Crippen molar-refractivity contribution in [2.24, 2.45) is 11.1 Å². The summed E-state index contributed by atoms with van der Waals surface area (Å²) in [5.41, 5.74) is 8.86. The molecule has 0 spiro atoms. The lowest BCUT2D eigenvalue weighted by Crippen LogP contribution is -2.26. The fraction of sp³-hybridized carbons (Fsp3) is 0.562. The Labute approximate surface area is 130 Å². The molecule has 2 aliphatic rings. The molecule has 0 radical (unpaired) electrons. The van der Waals surface area contributed by atoms with E-state index in [0.717, 1.165) is 30.0 Å². The zero-order chi connectivity index (χ0) is 15.2. The SMILES string of the molecule is CCC1(CC)CCN(c2cc3c(cc2Cl)C(N)C(=O)N3)C1. The molecule has 5 heteroatoms. The fourth-order valence-corrected chi connectivity index (χ4v) is 3.80. The van der Waals surface area contributed by atoms with Crippen LogP contribution in [0.5, 0.6) is 0 Å². The van der Waals surface area contributed by atoms with Crippen molar-refractivity contribution in [3.8, 4) is 0 Å². The monoisotopic (exact) mass is 307 g/mol. The minimum atomic E-state index is -0.601. The van der Waals surface area contributed by atoms with E-state index in [1.54, 1.807) is 0 Å². The second-order valence-electron chi connectivity index (χ2n) is 6.24. The zero-order valence-electron chi connectivity index (χ0n) is 12.6. The molecule has 4 nitrogen and oxygen atoms in total. The van der Waals surface area contributed by atoms with E-state index in [0.29, 0.717) is 10.4 Å². The number of fused-ring (bicyclic) bond motifs is 1. The Morgan fingerprint density at radius 2 is 2.14 bits per heavy atom. The lowest BCUT2D eigenvalue weighted by Gasteiger charge is -2.28. The van der Waals surface area contributed by atoms with E-state index >= 15 is 0 Å². The molecule has 1 atom stereocenters. The first kappa shape index (κ1) is 14.7. The summed E-state index contributed by atoms with van der Waals surface area (Å²) in [6.45, 7) is 6.56. The van der Waals surface area contributed by atoms with E-state index in [2.05, 4.69) is 24.1 Å². The molecule has 1 saturated heterocycles. The minimum Gasteiger partial charge on any atom is -0.370 e. The molecule has 2 heterocycles. The Balaban J connectivity index is 1.92. The van der Waals surface area contributed by atoms with Crippen LogP contribution in [0.1, 0.15) is 44.7 Å². The molecule has 1 aromatic rings. The van der Waals surface area contributed by atoms with Gasteiger partial charge in [-0.1, -0.05) is 25.4 Å². The van der Waals surface area contributed by atoms with Crippen LogP contribution in [0.15, 0.2) is 12.1 Å². The molecule has 1 unspecified atom stereocenters. The summed E-state index contributed by atoms with van der Waals surface area (Å²) in [6, 6.07) is 3.21. The summed E-state index contributed by atoms with van der Waals surface area (Å²) in [4.78, 5) is 14.0. The maximum absolute atomic E-state index is 11.7. The smallest absolute Gasteiger partial charge is 0.245 e. The molecule has 114 valence electrons. The first-order valence-electron chi connectivity index (χ1n) is 7.64. The third-order valence-corrected chi connectivity index (χ3v) is 5.58. The van der Waals surface area contributed by atoms with Crippen LogP contribution in [-0.4, -0.2) is 19.0 Å². The number of carbonyl (C=O) groups excluding carboxylic acids is 1. The Morgan fingerprint density at radius 1 is 1.43 bits per heavy atom. The summed E-state index contributed by atoms with van der Waals surface area (Å²) in [5.74, 6) is -0.156. The van der Waals surface area contributed by atoms with Crippen molar-refractivity contribution in [1.29, 1.82) is 0 Å². The van der Waals surface area contributed by atoms with E-state index < -0.39 is 6.04 Å². The average molecular weight is 308 g/mol. The lowest BCUT2D eigenvalue weighted by atomic mass is 9.82. The Bertz CT molecular complexity index is 583. The minimum absolute atomic E-state index is 0.156. The predicted molar refractivity (Wildman–Crippen MR) is 86.9 cm³/mol. The topological polar surface area (TPSA) is 58.4 Å². The standard InChI is InChI=1S/C16H22ClN3O/c1-3-16(4-2)5-6-20(9-16)13-8-12-10(7-11(13)17)14(18)15(21)19-12/h7-8,14H,3-6,9,18H2,1-2H3,(H,19,21). The number of carbonyl (C=O) groups is 1. The fourth-order valence-electron chi connectivity index (χ4n) is 3.50. The van der Waals surface area contributed by atoms with Gasteiger partial charge in [0.2, 0.25) is 5.91 Å². The van der Waals surface area contributed by atoms with Crippen molar-refractivity contribution < 1.29 is 4.79 Å². The van der Waals surface area contributed by atoms with Crippen LogP contribution >= 0.6 is 11.6 Å². The first-order valence-corrected chi connectivity index (χ1v) is 8.02. The van der Waals surface area contributed by atoms with Crippen molar-refractivity contribution in [1.82, 2.24) is 0 Å². The normalized spacial score (nSPS) is 23.3. The maximum Gasteiger partial charge on any atom is 0.245 e. The number of hydrogen-bond acceptors (Lipinski definition) is 3. The van der Waals surface area contributed by atoms with Crippen molar-refractivity contribution >= 4 is 28.9 Å². The number of benzene rings is 1. The van der Waals surface area contributed by atoms with Crippen molar-refractivity contribution in [2.75, 3.05) is 23.3 Å². The number of halogens is 1. The second-order valence-corrected chi connectivity index (χ2v) is 6.64. The summed E-state index contributed by atoms with van der Waals surface area (Å²) < 4.78 is 0. The Kier molecular flexibility index (Phi) is 3.62. The van der Waals surface area contributed by atoms with Crippen molar-refractivity contribution in [3.05, 3.63) is 22.7 Å². The highest BCUT2D eigenvalue weighted by molar-refractivity contribution is 6.33. The molecule has 2 aliphatic heterocycles. The first-order chi connectivity index (χ1) is 9.99.